The smallest absolute Gasteiger partial charge is 0.330 e. The molecule has 0 fully saturated rings. The quantitative estimate of drug-likeness (QED) is 0.268. The minimum Gasteiger partial charge on any atom is -0.454 e. The summed E-state index contributed by atoms with van der Waals surface area (Å²) in [5.74, 6) is 0. The van der Waals surface area contributed by atoms with Crippen molar-refractivity contribution in [2.45, 2.75) is 19.3 Å². The van der Waals surface area contributed by atoms with Crippen LogP contribution < -0.4 is 5.46 Å². The van der Waals surface area contributed by atoms with Crippen molar-refractivity contribution in [1.82, 2.24) is 4.57 Å². The van der Waals surface area contributed by atoms with E-state index >= 15 is 0 Å². The van der Waals surface area contributed by atoms with Crippen LogP contribution in [0, 0.1) is 0 Å². The van der Waals surface area contributed by atoms with Gasteiger partial charge in [0.25, 0.3) is 0 Å². The lowest BCUT2D eigenvalue weighted by atomic mass is 9.82. The first-order chi connectivity index (χ1) is 18.1. The molecule has 0 bridgehead atoms. The minimum atomic E-state index is -0.0847. The minimum absolute atomic E-state index is 0.0847. The largest absolute Gasteiger partial charge is 0.454 e. The molecule has 0 spiro atoms. The highest BCUT2D eigenvalue weighted by molar-refractivity contribution is 6.50. The summed E-state index contributed by atoms with van der Waals surface area (Å²) >= 11 is 0. The van der Waals surface area contributed by atoms with Crippen LogP contribution in [0.25, 0.3) is 60.6 Å². The predicted octanol–water partition coefficient (Wildman–Crippen LogP) is 7.23. The number of fused-ring (bicyclic) bond motifs is 9. The summed E-state index contributed by atoms with van der Waals surface area (Å²) in [5, 5.41) is 14.3. The highest BCUT2D eigenvalue weighted by atomic mass is 16.3. The highest BCUT2D eigenvalue weighted by Gasteiger charge is 2.36. The molecule has 1 N–H and O–H groups in total. The van der Waals surface area contributed by atoms with E-state index in [1.54, 1.807) is 0 Å². The second kappa shape index (κ2) is 7.15. The molecule has 0 aliphatic heterocycles. The van der Waals surface area contributed by atoms with Crippen LogP contribution in [0.15, 0.2) is 101 Å². The fourth-order valence-electron chi connectivity index (χ4n) is 6.53. The third kappa shape index (κ3) is 2.61. The van der Waals surface area contributed by atoms with Gasteiger partial charge in [-0.15, -0.1) is 0 Å². The van der Waals surface area contributed by atoms with Crippen LogP contribution in [-0.4, -0.2) is 17.1 Å². The van der Waals surface area contributed by atoms with E-state index in [2.05, 4.69) is 103 Å². The van der Waals surface area contributed by atoms with Gasteiger partial charge >= 0.3 is 7.48 Å². The van der Waals surface area contributed by atoms with Crippen molar-refractivity contribution >= 4 is 56.7 Å². The van der Waals surface area contributed by atoms with Crippen molar-refractivity contribution < 1.29 is 9.44 Å². The first-order valence-corrected chi connectivity index (χ1v) is 12.7. The fourth-order valence-corrected chi connectivity index (χ4v) is 6.53. The van der Waals surface area contributed by atoms with Crippen molar-refractivity contribution in [3.05, 3.63) is 108 Å². The molecule has 1 aliphatic carbocycles. The van der Waals surface area contributed by atoms with Gasteiger partial charge in [-0.25, -0.2) is 0 Å². The summed E-state index contributed by atoms with van der Waals surface area (Å²) < 4.78 is 8.84. The summed E-state index contributed by atoms with van der Waals surface area (Å²) in [6.07, 6.45) is 0. The summed E-state index contributed by atoms with van der Waals surface area (Å²) in [7, 11) is 1.12. The van der Waals surface area contributed by atoms with Gasteiger partial charge in [0.15, 0.2) is 5.58 Å². The van der Waals surface area contributed by atoms with Crippen LogP contribution in [0.1, 0.15) is 25.0 Å². The third-order valence-corrected chi connectivity index (χ3v) is 8.29. The lowest BCUT2D eigenvalue weighted by Crippen LogP contribution is -2.14. The monoisotopic (exact) mass is 476 g/mol. The van der Waals surface area contributed by atoms with Crippen molar-refractivity contribution in [3.63, 3.8) is 0 Å². The molecule has 8 rings (SSSR count). The predicted molar refractivity (Wildman–Crippen MR) is 153 cm³/mol. The Morgan fingerprint density at radius 1 is 0.649 bits per heavy atom. The van der Waals surface area contributed by atoms with E-state index in [0.717, 1.165) is 35.0 Å². The normalized spacial score (nSPS) is 14.0. The maximum absolute atomic E-state index is 9.82. The molecule has 0 unspecified atom stereocenters. The molecule has 2 aromatic heterocycles. The maximum Gasteiger partial charge on any atom is 0.330 e. The zero-order valence-electron chi connectivity index (χ0n) is 20.6. The Hall–Kier alpha value is -4.28. The lowest BCUT2D eigenvalue weighted by molar-refractivity contribution is 0.613. The van der Waals surface area contributed by atoms with Gasteiger partial charge in [0.05, 0.1) is 16.7 Å². The third-order valence-electron chi connectivity index (χ3n) is 8.29. The molecule has 0 amide bonds. The van der Waals surface area contributed by atoms with Crippen LogP contribution in [0.2, 0.25) is 0 Å². The molecule has 175 valence electrons. The van der Waals surface area contributed by atoms with Crippen molar-refractivity contribution in [2.24, 2.45) is 0 Å². The molecule has 0 saturated carbocycles. The Labute approximate surface area is 214 Å². The van der Waals surface area contributed by atoms with Gasteiger partial charge in [-0.05, 0) is 52.0 Å². The van der Waals surface area contributed by atoms with Gasteiger partial charge in [-0.1, -0.05) is 86.6 Å². The molecule has 4 heteroatoms. The molecular formula is C33H23BNO2. The van der Waals surface area contributed by atoms with Gasteiger partial charge in [0.2, 0.25) is 0 Å². The summed E-state index contributed by atoms with van der Waals surface area (Å²) in [5.41, 5.74) is 10.8. The van der Waals surface area contributed by atoms with E-state index in [1.165, 1.54) is 38.5 Å². The van der Waals surface area contributed by atoms with Crippen LogP contribution >= 0.6 is 0 Å². The van der Waals surface area contributed by atoms with Crippen LogP contribution in [0.5, 0.6) is 0 Å². The van der Waals surface area contributed by atoms with Gasteiger partial charge in [-0.2, -0.15) is 0 Å². The zero-order chi connectivity index (χ0) is 24.9. The molecular weight excluding hydrogens is 453 g/mol. The van der Waals surface area contributed by atoms with E-state index in [9.17, 15) is 5.02 Å². The van der Waals surface area contributed by atoms with Crippen molar-refractivity contribution in [3.8, 4) is 16.8 Å². The average molecular weight is 476 g/mol. The molecule has 0 atom stereocenters. The topological polar surface area (TPSA) is 38.3 Å². The molecule has 1 aliphatic rings. The van der Waals surface area contributed by atoms with E-state index in [1.807, 2.05) is 12.1 Å². The number of rotatable bonds is 2. The van der Waals surface area contributed by atoms with E-state index < -0.39 is 0 Å². The average Bonchev–Trinajstić information content (AvgIpc) is 3.54. The summed E-state index contributed by atoms with van der Waals surface area (Å²) in [6, 6.07) is 34.4. The highest BCUT2D eigenvalue weighted by Crippen LogP contribution is 2.51. The number of para-hydroxylation sites is 3. The van der Waals surface area contributed by atoms with Gasteiger partial charge in [-0.3, -0.25) is 0 Å². The van der Waals surface area contributed by atoms with Gasteiger partial charge in [0.1, 0.15) is 5.58 Å². The molecule has 7 aromatic rings. The number of benzene rings is 5. The Morgan fingerprint density at radius 2 is 1.38 bits per heavy atom. The SMILES string of the molecule is CC1(C)c2ccccc2-c2cc3c4ccccc4n(-c4cccc5c4oc4c([B]O)cccc45)c3cc21. The van der Waals surface area contributed by atoms with E-state index in [4.69, 9.17) is 4.42 Å². The molecule has 0 saturated heterocycles. The second-order valence-electron chi connectivity index (χ2n) is 10.5. The van der Waals surface area contributed by atoms with E-state index in [-0.39, 0.29) is 5.41 Å². The number of furan rings is 1. The molecule has 5 aromatic carbocycles. The maximum atomic E-state index is 9.82. The van der Waals surface area contributed by atoms with Crippen molar-refractivity contribution in [2.75, 3.05) is 0 Å². The second-order valence-corrected chi connectivity index (χ2v) is 10.5. The Bertz CT molecular complexity index is 2060. The number of aromatic nitrogens is 1. The number of nitrogens with zero attached hydrogens (tertiary/aromatic N) is 1. The molecule has 2 heterocycles. The van der Waals surface area contributed by atoms with Crippen LogP contribution in [0.3, 0.4) is 0 Å². The zero-order valence-corrected chi connectivity index (χ0v) is 20.6. The molecule has 3 nitrogen and oxygen atoms in total. The standard InChI is InChI=1S/C33H23BNO2/c1-33(2)25-13-5-3-9-19(25)23-17-24-20-10-4-6-15-28(20)35(30(24)18-26(23)33)29-16-8-12-22-21-11-7-14-27(34-36)31(21)37-32(22)29/h3-18,36H,1-2H3. The Morgan fingerprint density at radius 3 is 2.24 bits per heavy atom. The fraction of sp³-hybridized carbons (Fsp3) is 0.0909. The Kier molecular flexibility index (Phi) is 4.03. The van der Waals surface area contributed by atoms with Crippen molar-refractivity contribution in [1.29, 1.82) is 0 Å². The van der Waals surface area contributed by atoms with E-state index in [0.29, 0.717) is 11.0 Å². The van der Waals surface area contributed by atoms with Gasteiger partial charge in [0, 0.05) is 27.0 Å². The van der Waals surface area contributed by atoms with Crippen LogP contribution in [0.4, 0.5) is 0 Å². The number of hydrogen-bond acceptors (Lipinski definition) is 2. The molecule has 37 heavy (non-hydrogen) atoms. The Balaban J connectivity index is 1.52. The number of hydrogen-bond donors (Lipinski definition) is 1. The molecule has 1 radical (unpaired) electrons. The first kappa shape index (κ1) is 20.9. The van der Waals surface area contributed by atoms with Gasteiger partial charge < -0.3 is 14.0 Å². The van der Waals surface area contributed by atoms with Crippen LogP contribution in [-0.2, 0) is 5.41 Å². The summed E-state index contributed by atoms with van der Waals surface area (Å²) in [4.78, 5) is 0. The lowest BCUT2D eigenvalue weighted by Gasteiger charge is -2.21. The summed E-state index contributed by atoms with van der Waals surface area (Å²) in [6.45, 7) is 4.65. The first-order valence-electron chi connectivity index (χ1n) is 12.7.